The standard InChI is InChI=1S/C39H58O4/c1-8-28(25(2)3)12-9-26(4)32-15-16-33-31-14-13-29-24-30(19-21-38(29,5)34(31)20-22-39(32,33)6)43-37(41)18-11-27-10-17-35(40)36(23-27)42-7/h10-11,13,17-18,23,25-26,28,30-34,40H,8-9,12,14-16,19-22,24H2,1-7H3/b18-11+/t26-,28?,30?,31?,32?,33?,34?,38?,39?/m1/s1. The number of rotatable bonds is 10. The molecule has 9 atom stereocenters. The summed E-state index contributed by atoms with van der Waals surface area (Å²) in [6.07, 6.45) is 19.6. The predicted octanol–water partition coefficient (Wildman–Crippen LogP) is 10.0. The molecule has 238 valence electrons. The van der Waals surface area contributed by atoms with E-state index >= 15 is 0 Å². The molecule has 0 saturated heterocycles. The quantitative estimate of drug-likeness (QED) is 0.167. The normalized spacial score (nSPS) is 35.1. The van der Waals surface area contributed by atoms with E-state index in [0.717, 1.165) is 66.3 Å². The SMILES string of the molecule is CCC(CC[C@@H](C)C1CCC2C3CC=C4CC(OC(=O)/C=C/c5ccc(O)c(OC)c5)CCC4(C)C3CCC21C)C(C)C. The summed E-state index contributed by atoms with van der Waals surface area (Å²) in [4.78, 5) is 12.7. The Morgan fingerprint density at radius 3 is 2.58 bits per heavy atom. The van der Waals surface area contributed by atoms with Crippen molar-refractivity contribution in [2.45, 2.75) is 118 Å². The summed E-state index contributed by atoms with van der Waals surface area (Å²) in [5, 5.41) is 9.82. The molecule has 4 nitrogen and oxygen atoms in total. The zero-order chi connectivity index (χ0) is 30.9. The Kier molecular flexibility index (Phi) is 9.74. The monoisotopic (exact) mass is 590 g/mol. The van der Waals surface area contributed by atoms with Crippen LogP contribution in [0.5, 0.6) is 11.5 Å². The number of methoxy groups -OCH3 is 1. The number of phenolic OH excluding ortho intramolecular Hbond substituents is 1. The smallest absolute Gasteiger partial charge is 0.331 e. The first kappa shape index (κ1) is 32.2. The number of carbonyl (C=O) groups excluding carboxylic acids is 1. The van der Waals surface area contributed by atoms with Crippen molar-refractivity contribution in [2.75, 3.05) is 7.11 Å². The van der Waals surface area contributed by atoms with Crippen LogP contribution in [0.2, 0.25) is 0 Å². The summed E-state index contributed by atoms with van der Waals surface area (Å²) < 4.78 is 11.1. The number of benzene rings is 1. The van der Waals surface area contributed by atoms with E-state index in [4.69, 9.17) is 9.47 Å². The molecule has 3 fully saturated rings. The fourth-order valence-electron chi connectivity index (χ4n) is 10.6. The number of hydrogen-bond acceptors (Lipinski definition) is 4. The van der Waals surface area contributed by atoms with Crippen LogP contribution in [-0.2, 0) is 9.53 Å². The van der Waals surface area contributed by atoms with Crippen LogP contribution in [0.25, 0.3) is 6.08 Å². The highest BCUT2D eigenvalue weighted by Crippen LogP contribution is 2.67. The minimum Gasteiger partial charge on any atom is -0.504 e. The molecule has 4 aliphatic carbocycles. The van der Waals surface area contributed by atoms with Gasteiger partial charge in [0.1, 0.15) is 6.10 Å². The molecule has 8 unspecified atom stereocenters. The van der Waals surface area contributed by atoms with Gasteiger partial charge < -0.3 is 14.6 Å². The van der Waals surface area contributed by atoms with Gasteiger partial charge in [-0.25, -0.2) is 4.79 Å². The Bertz CT molecular complexity index is 1200. The number of phenols is 1. The molecule has 3 saturated carbocycles. The highest BCUT2D eigenvalue weighted by molar-refractivity contribution is 5.87. The zero-order valence-electron chi connectivity index (χ0n) is 28.0. The summed E-state index contributed by atoms with van der Waals surface area (Å²) in [6, 6.07) is 5.05. The molecule has 0 aromatic heterocycles. The summed E-state index contributed by atoms with van der Waals surface area (Å²) >= 11 is 0. The molecular formula is C39H58O4. The third kappa shape index (κ3) is 6.32. The van der Waals surface area contributed by atoms with E-state index in [1.54, 1.807) is 29.8 Å². The largest absolute Gasteiger partial charge is 0.504 e. The molecule has 5 rings (SSSR count). The van der Waals surface area contributed by atoms with Crippen molar-refractivity contribution in [1.82, 2.24) is 0 Å². The maximum Gasteiger partial charge on any atom is 0.331 e. The van der Waals surface area contributed by atoms with E-state index in [2.05, 4.69) is 47.6 Å². The highest BCUT2D eigenvalue weighted by Gasteiger charge is 2.59. The molecule has 0 heterocycles. The Hall–Kier alpha value is -2.23. The first-order valence-corrected chi connectivity index (χ1v) is 17.4. The van der Waals surface area contributed by atoms with Crippen LogP contribution in [0, 0.1) is 52.3 Å². The average Bonchev–Trinajstić information content (AvgIpc) is 3.34. The van der Waals surface area contributed by atoms with Gasteiger partial charge in [0.15, 0.2) is 11.5 Å². The van der Waals surface area contributed by atoms with Gasteiger partial charge in [-0.2, -0.15) is 0 Å². The summed E-state index contributed by atoms with van der Waals surface area (Å²) in [6.45, 7) is 15.0. The number of esters is 1. The highest BCUT2D eigenvalue weighted by atomic mass is 16.5. The molecular weight excluding hydrogens is 532 g/mol. The van der Waals surface area contributed by atoms with Gasteiger partial charge in [-0.3, -0.25) is 0 Å². The fourth-order valence-corrected chi connectivity index (χ4v) is 10.6. The van der Waals surface area contributed by atoms with Crippen molar-refractivity contribution in [3.63, 3.8) is 0 Å². The third-order valence-electron chi connectivity index (χ3n) is 13.2. The first-order valence-electron chi connectivity index (χ1n) is 17.4. The molecule has 43 heavy (non-hydrogen) atoms. The molecule has 0 radical (unpaired) electrons. The fraction of sp³-hybridized carbons (Fsp3) is 0.718. The minimum absolute atomic E-state index is 0.0502. The lowest BCUT2D eigenvalue weighted by atomic mass is 9.47. The Morgan fingerprint density at radius 1 is 1.07 bits per heavy atom. The molecule has 1 N–H and O–H groups in total. The van der Waals surface area contributed by atoms with Gasteiger partial charge in [0.2, 0.25) is 0 Å². The third-order valence-corrected chi connectivity index (χ3v) is 13.2. The van der Waals surface area contributed by atoms with Crippen molar-refractivity contribution in [3.05, 3.63) is 41.5 Å². The lowest BCUT2D eigenvalue weighted by Gasteiger charge is -2.58. The number of ether oxygens (including phenoxy) is 2. The Morgan fingerprint density at radius 2 is 1.86 bits per heavy atom. The predicted molar refractivity (Wildman–Crippen MR) is 176 cm³/mol. The van der Waals surface area contributed by atoms with Crippen molar-refractivity contribution >= 4 is 12.0 Å². The zero-order valence-corrected chi connectivity index (χ0v) is 28.0. The summed E-state index contributed by atoms with van der Waals surface area (Å²) in [5.74, 6) is 6.01. The number of carbonyl (C=O) groups is 1. The second kappa shape index (κ2) is 13.0. The molecule has 4 aliphatic rings. The van der Waals surface area contributed by atoms with Crippen molar-refractivity contribution in [3.8, 4) is 11.5 Å². The van der Waals surface area contributed by atoms with Crippen molar-refractivity contribution < 1.29 is 19.4 Å². The van der Waals surface area contributed by atoms with E-state index < -0.39 is 0 Å². The Balaban J connectivity index is 1.20. The maximum atomic E-state index is 12.7. The van der Waals surface area contributed by atoms with E-state index in [1.807, 2.05) is 0 Å². The van der Waals surface area contributed by atoms with Gasteiger partial charge >= 0.3 is 5.97 Å². The van der Waals surface area contributed by atoms with Crippen LogP contribution < -0.4 is 4.74 Å². The molecule has 0 amide bonds. The number of allylic oxidation sites excluding steroid dienone is 1. The van der Waals surface area contributed by atoms with Crippen LogP contribution in [0.1, 0.15) is 118 Å². The van der Waals surface area contributed by atoms with E-state index in [0.29, 0.717) is 11.2 Å². The van der Waals surface area contributed by atoms with Gasteiger partial charge in [-0.05, 0) is 127 Å². The van der Waals surface area contributed by atoms with Gasteiger partial charge in [-0.15, -0.1) is 0 Å². The van der Waals surface area contributed by atoms with Gasteiger partial charge in [-0.1, -0.05) is 72.1 Å². The summed E-state index contributed by atoms with van der Waals surface area (Å²) in [7, 11) is 1.52. The van der Waals surface area contributed by atoms with Gasteiger partial charge in [0.05, 0.1) is 7.11 Å². The van der Waals surface area contributed by atoms with E-state index in [1.165, 1.54) is 64.6 Å². The van der Waals surface area contributed by atoms with E-state index in [9.17, 15) is 9.90 Å². The maximum absolute atomic E-state index is 12.7. The number of fused-ring (bicyclic) bond motifs is 5. The van der Waals surface area contributed by atoms with Crippen LogP contribution in [0.3, 0.4) is 0 Å². The van der Waals surface area contributed by atoms with E-state index in [-0.39, 0.29) is 23.2 Å². The molecule has 4 heteroatoms. The van der Waals surface area contributed by atoms with Crippen LogP contribution >= 0.6 is 0 Å². The van der Waals surface area contributed by atoms with Crippen molar-refractivity contribution in [2.24, 2.45) is 52.3 Å². The number of aromatic hydroxyl groups is 1. The number of hydrogen-bond donors (Lipinski definition) is 1. The second-order valence-corrected chi connectivity index (χ2v) is 15.5. The molecule has 0 spiro atoms. The molecule has 0 bridgehead atoms. The topological polar surface area (TPSA) is 55.8 Å². The van der Waals surface area contributed by atoms with Crippen molar-refractivity contribution in [1.29, 1.82) is 0 Å². The minimum atomic E-state index is -0.298. The lowest BCUT2D eigenvalue weighted by Crippen LogP contribution is -2.51. The Labute approximate surface area is 261 Å². The van der Waals surface area contributed by atoms with Crippen LogP contribution in [0.15, 0.2) is 35.9 Å². The average molecular weight is 591 g/mol. The van der Waals surface area contributed by atoms with Crippen LogP contribution in [0.4, 0.5) is 0 Å². The second-order valence-electron chi connectivity index (χ2n) is 15.5. The first-order chi connectivity index (χ1) is 20.5. The van der Waals surface area contributed by atoms with Gasteiger partial charge in [0.25, 0.3) is 0 Å². The van der Waals surface area contributed by atoms with Gasteiger partial charge in [0, 0.05) is 12.5 Å². The van der Waals surface area contributed by atoms with Crippen LogP contribution in [-0.4, -0.2) is 24.3 Å². The molecule has 0 aliphatic heterocycles. The molecule has 1 aromatic carbocycles. The summed E-state index contributed by atoms with van der Waals surface area (Å²) in [5.41, 5.74) is 3.09. The lowest BCUT2D eigenvalue weighted by molar-refractivity contribution is -0.145. The molecule has 1 aromatic rings.